The molecular formula is C44H67N3O6. The van der Waals surface area contributed by atoms with E-state index in [9.17, 15) is 5.11 Å². The molecule has 0 fully saturated rings. The van der Waals surface area contributed by atoms with Crippen LogP contribution in [-0.4, -0.2) is 71.6 Å². The Balaban J connectivity index is 1.16. The van der Waals surface area contributed by atoms with Crippen LogP contribution in [0.3, 0.4) is 0 Å². The van der Waals surface area contributed by atoms with Gasteiger partial charge in [0.2, 0.25) is 0 Å². The van der Waals surface area contributed by atoms with E-state index in [2.05, 4.69) is 53.2 Å². The molecule has 0 atom stereocenters. The van der Waals surface area contributed by atoms with Gasteiger partial charge in [-0.3, -0.25) is 0 Å². The first-order valence-corrected chi connectivity index (χ1v) is 20.2. The molecule has 0 aliphatic rings. The van der Waals surface area contributed by atoms with Gasteiger partial charge in [0.15, 0.2) is 0 Å². The van der Waals surface area contributed by atoms with Crippen molar-refractivity contribution in [3.63, 3.8) is 0 Å². The fourth-order valence-corrected chi connectivity index (χ4v) is 5.76. The van der Waals surface area contributed by atoms with Crippen LogP contribution in [0.25, 0.3) is 0 Å². The second kappa shape index (κ2) is 28.9. The fourth-order valence-electron chi connectivity index (χ4n) is 5.76. The van der Waals surface area contributed by atoms with Gasteiger partial charge in [-0.15, -0.1) is 0 Å². The number of aryl methyl sites for hydroxylation is 1. The van der Waals surface area contributed by atoms with Crippen molar-refractivity contribution in [1.29, 1.82) is 0 Å². The molecule has 9 heteroatoms. The summed E-state index contributed by atoms with van der Waals surface area (Å²) in [4.78, 5) is 2.15. The number of hydrogen-bond donors (Lipinski definition) is 1. The van der Waals surface area contributed by atoms with E-state index in [1.165, 1.54) is 76.2 Å². The molecule has 0 amide bonds. The predicted molar refractivity (Wildman–Crippen MR) is 217 cm³/mol. The largest absolute Gasteiger partial charge is 0.493 e. The molecule has 0 spiro atoms. The fraction of sp³-hybridized carbons (Fsp3) is 0.591. The van der Waals surface area contributed by atoms with Gasteiger partial charge in [0.25, 0.3) is 0 Å². The summed E-state index contributed by atoms with van der Waals surface area (Å²) in [5, 5.41) is 18.4. The van der Waals surface area contributed by atoms with Gasteiger partial charge in [0.05, 0.1) is 64.2 Å². The van der Waals surface area contributed by atoms with Crippen LogP contribution in [0.15, 0.2) is 77.0 Å². The third-order valence-electron chi connectivity index (χ3n) is 9.03. The molecule has 0 bridgehead atoms. The van der Waals surface area contributed by atoms with Crippen molar-refractivity contribution < 1.29 is 28.8 Å². The zero-order valence-corrected chi connectivity index (χ0v) is 32.9. The van der Waals surface area contributed by atoms with Gasteiger partial charge in [-0.2, -0.15) is 10.2 Å². The summed E-state index contributed by atoms with van der Waals surface area (Å²) in [6.45, 7) is 9.33. The number of nitrogens with zero attached hydrogens (tertiary/aromatic N) is 3. The van der Waals surface area contributed by atoms with E-state index in [-0.39, 0.29) is 6.61 Å². The number of hydrogen-bond acceptors (Lipinski definition) is 9. The summed E-state index contributed by atoms with van der Waals surface area (Å²) in [5.74, 6) is 1.41. The summed E-state index contributed by atoms with van der Waals surface area (Å²) in [6.07, 6.45) is 16.5. The van der Waals surface area contributed by atoms with E-state index in [1.54, 1.807) is 0 Å². The van der Waals surface area contributed by atoms with Gasteiger partial charge in [0, 0.05) is 25.3 Å². The Morgan fingerprint density at radius 1 is 0.509 bits per heavy atom. The normalized spacial score (nSPS) is 11.4. The van der Waals surface area contributed by atoms with Crippen molar-refractivity contribution >= 4 is 17.1 Å². The Labute approximate surface area is 320 Å². The van der Waals surface area contributed by atoms with Crippen LogP contribution in [0, 0.1) is 0 Å². The van der Waals surface area contributed by atoms with Gasteiger partial charge in [-0.25, -0.2) is 0 Å². The number of benzene rings is 3. The smallest absolute Gasteiger partial charge is 0.123 e. The molecule has 53 heavy (non-hydrogen) atoms. The predicted octanol–water partition coefficient (Wildman–Crippen LogP) is 10.8. The Hall–Kier alpha value is -3.50. The average Bonchev–Trinajstić information content (AvgIpc) is 3.19. The van der Waals surface area contributed by atoms with Gasteiger partial charge >= 0.3 is 0 Å². The number of ether oxygens (including phenoxy) is 5. The minimum absolute atomic E-state index is 0.0578. The number of anilines is 1. The van der Waals surface area contributed by atoms with Crippen LogP contribution >= 0.6 is 0 Å². The van der Waals surface area contributed by atoms with Gasteiger partial charge in [-0.05, 0) is 78.9 Å². The van der Waals surface area contributed by atoms with Gasteiger partial charge in [-0.1, -0.05) is 90.2 Å². The van der Waals surface area contributed by atoms with E-state index in [0.717, 1.165) is 47.8 Å². The van der Waals surface area contributed by atoms with Crippen molar-refractivity contribution in [2.75, 3.05) is 71.3 Å². The molecule has 0 saturated carbocycles. The van der Waals surface area contributed by atoms with Crippen LogP contribution < -0.4 is 14.4 Å². The lowest BCUT2D eigenvalue weighted by molar-refractivity contribution is 0.0105. The summed E-state index contributed by atoms with van der Waals surface area (Å²) < 4.78 is 28.9. The van der Waals surface area contributed by atoms with Crippen LogP contribution in [0.4, 0.5) is 17.1 Å². The Morgan fingerprint density at radius 2 is 1.00 bits per heavy atom. The second-order valence-electron chi connectivity index (χ2n) is 13.6. The maximum atomic E-state index is 9.68. The lowest BCUT2D eigenvalue weighted by Crippen LogP contribution is -2.23. The monoisotopic (exact) mass is 734 g/mol. The van der Waals surface area contributed by atoms with Crippen molar-refractivity contribution in [3.05, 3.63) is 77.9 Å². The lowest BCUT2D eigenvalue weighted by Gasteiger charge is -2.19. The topological polar surface area (TPSA) is 94.3 Å². The van der Waals surface area contributed by atoms with Crippen molar-refractivity contribution in [1.82, 2.24) is 0 Å². The summed E-state index contributed by atoms with van der Waals surface area (Å²) in [6, 6.07) is 22.0. The number of likely N-dealkylation sites (N-methyl/N-ethyl adjacent to an activating group) is 1. The van der Waals surface area contributed by atoms with E-state index in [4.69, 9.17) is 23.7 Å². The number of aliphatic hydroxyl groups excluding tert-OH is 1. The van der Waals surface area contributed by atoms with E-state index in [1.807, 2.05) is 49.5 Å². The number of rotatable bonds is 32. The molecule has 0 unspecified atom stereocenters. The summed E-state index contributed by atoms with van der Waals surface area (Å²) in [5.41, 5.74) is 4.90. The first kappa shape index (κ1) is 43.9. The molecule has 0 saturated heterocycles. The highest BCUT2D eigenvalue weighted by atomic mass is 16.6. The first-order valence-electron chi connectivity index (χ1n) is 20.2. The number of azo groups is 1. The third-order valence-corrected chi connectivity index (χ3v) is 9.03. The second-order valence-corrected chi connectivity index (χ2v) is 13.6. The van der Waals surface area contributed by atoms with Crippen molar-refractivity contribution in [3.8, 4) is 11.5 Å². The Morgan fingerprint density at radius 3 is 1.57 bits per heavy atom. The highest BCUT2D eigenvalue weighted by Crippen LogP contribution is 2.24. The molecule has 3 rings (SSSR count). The van der Waals surface area contributed by atoms with Gasteiger partial charge in [0.1, 0.15) is 18.1 Å². The molecule has 0 aliphatic heterocycles. The number of unbranched alkanes of at least 4 members (excludes halogenated alkanes) is 10. The lowest BCUT2D eigenvalue weighted by atomic mass is 10.1. The molecule has 0 aliphatic carbocycles. The molecule has 3 aromatic rings. The SMILES string of the molecule is CCCCCCCCCCCCOc1cc(CO)cc(OCCOCCOCCOCCN(C)c2ccc(N=Nc3ccc(CCCC)cc3)cc2)c1. The molecule has 0 heterocycles. The quantitative estimate of drug-likeness (QED) is 0.0504. The summed E-state index contributed by atoms with van der Waals surface area (Å²) in [7, 11) is 2.05. The molecule has 3 aromatic carbocycles. The summed E-state index contributed by atoms with van der Waals surface area (Å²) >= 11 is 0. The molecule has 1 N–H and O–H groups in total. The first-order chi connectivity index (χ1) is 26.1. The highest BCUT2D eigenvalue weighted by molar-refractivity contribution is 5.52. The molecule has 0 radical (unpaired) electrons. The zero-order chi connectivity index (χ0) is 37.6. The average molecular weight is 734 g/mol. The van der Waals surface area contributed by atoms with Gasteiger partial charge < -0.3 is 33.7 Å². The van der Waals surface area contributed by atoms with Crippen LogP contribution in [-0.2, 0) is 27.2 Å². The molecule has 294 valence electrons. The third kappa shape index (κ3) is 20.5. The van der Waals surface area contributed by atoms with Crippen LogP contribution in [0.5, 0.6) is 11.5 Å². The maximum Gasteiger partial charge on any atom is 0.123 e. The van der Waals surface area contributed by atoms with E-state index < -0.39 is 0 Å². The highest BCUT2D eigenvalue weighted by Gasteiger charge is 2.05. The standard InChI is InChI=1S/C44H67N3O6/c1-4-6-8-9-10-11-12-13-14-15-26-52-43-34-39(37-48)35-44(36-43)53-33-32-51-31-30-50-29-28-49-27-25-47(3)42-23-21-41(22-24-42)46-45-40-19-17-38(18-20-40)16-7-5-2/h17-24,34-36,48H,4-16,25-33,37H2,1-3H3. The van der Waals surface area contributed by atoms with Crippen molar-refractivity contribution in [2.45, 2.75) is 104 Å². The zero-order valence-electron chi connectivity index (χ0n) is 32.9. The van der Waals surface area contributed by atoms with E-state index in [0.29, 0.717) is 58.6 Å². The molecular weight excluding hydrogens is 666 g/mol. The minimum Gasteiger partial charge on any atom is -0.493 e. The Kier molecular flexibility index (Phi) is 24.0. The van der Waals surface area contributed by atoms with Crippen LogP contribution in [0.2, 0.25) is 0 Å². The molecule has 9 nitrogen and oxygen atoms in total. The van der Waals surface area contributed by atoms with Crippen molar-refractivity contribution in [2.24, 2.45) is 10.2 Å². The number of aliphatic hydroxyl groups is 1. The molecule has 0 aromatic heterocycles. The van der Waals surface area contributed by atoms with E-state index >= 15 is 0 Å². The Bertz CT molecular complexity index is 1350. The van der Waals surface area contributed by atoms with Crippen LogP contribution in [0.1, 0.15) is 102 Å². The maximum absolute atomic E-state index is 9.68. The minimum atomic E-state index is -0.0578.